The molecule has 0 unspecified atom stereocenters. The van der Waals surface area contributed by atoms with E-state index < -0.39 is 41.0 Å². The number of hydrogen-bond donors (Lipinski definition) is 1. The van der Waals surface area contributed by atoms with Crippen LogP contribution in [0, 0.1) is 11.8 Å². The van der Waals surface area contributed by atoms with E-state index in [4.69, 9.17) is 23.2 Å². The second-order valence-electron chi connectivity index (χ2n) is 8.38. The van der Waals surface area contributed by atoms with Crippen LogP contribution in [0.25, 0.3) is 0 Å². The lowest BCUT2D eigenvalue weighted by Gasteiger charge is -2.51. The van der Waals surface area contributed by atoms with E-state index in [0.717, 1.165) is 16.0 Å². The third kappa shape index (κ3) is 2.13. The molecule has 32 heavy (non-hydrogen) atoms. The van der Waals surface area contributed by atoms with Crippen molar-refractivity contribution in [1.29, 1.82) is 0 Å². The van der Waals surface area contributed by atoms with Crippen molar-refractivity contribution in [1.82, 2.24) is 0 Å². The minimum atomic E-state index is -1.67. The summed E-state index contributed by atoms with van der Waals surface area (Å²) >= 11 is 12.5. The maximum atomic E-state index is 13.9. The monoisotopic (exact) mass is 463 g/mol. The molecule has 1 heterocycles. The molecule has 3 aromatic carbocycles. The van der Waals surface area contributed by atoms with E-state index in [1.807, 2.05) is 24.3 Å². The molecule has 158 valence electrons. The number of hydrogen-bond acceptors (Lipinski definition) is 3. The molecular weight excluding hydrogens is 449 g/mol. The summed E-state index contributed by atoms with van der Waals surface area (Å²) in [5.41, 5.74) is 1.19. The molecule has 7 heteroatoms. The summed E-state index contributed by atoms with van der Waals surface area (Å²) in [6, 6.07) is 19.0. The van der Waals surface area contributed by atoms with Gasteiger partial charge in [0, 0.05) is 10.9 Å². The summed E-state index contributed by atoms with van der Waals surface area (Å²) in [6.07, 6.45) is 0. The highest BCUT2D eigenvalue weighted by Crippen LogP contribution is 2.64. The van der Waals surface area contributed by atoms with Gasteiger partial charge >= 0.3 is 5.97 Å². The van der Waals surface area contributed by atoms with Crippen molar-refractivity contribution < 1.29 is 19.5 Å². The number of carbonyl (C=O) groups is 3. The van der Waals surface area contributed by atoms with Crippen molar-refractivity contribution in [3.05, 3.63) is 99.0 Å². The van der Waals surface area contributed by atoms with E-state index >= 15 is 0 Å². The van der Waals surface area contributed by atoms with Gasteiger partial charge in [-0.25, -0.2) is 4.90 Å². The van der Waals surface area contributed by atoms with Gasteiger partial charge in [0.15, 0.2) is 0 Å². The second-order valence-corrected chi connectivity index (χ2v) is 9.22. The number of halogens is 2. The lowest BCUT2D eigenvalue weighted by Crippen LogP contribution is -2.57. The Labute approximate surface area is 193 Å². The summed E-state index contributed by atoms with van der Waals surface area (Å²) in [4.78, 5) is 41.8. The minimum absolute atomic E-state index is 0.177. The van der Waals surface area contributed by atoms with Crippen LogP contribution < -0.4 is 4.90 Å². The number of rotatable bonds is 2. The second kappa shape index (κ2) is 6.44. The molecule has 5 nitrogen and oxygen atoms in total. The van der Waals surface area contributed by atoms with Crippen molar-refractivity contribution in [2.45, 2.75) is 11.3 Å². The highest BCUT2D eigenvalue weighted by atomic mass is 35.5. The van der Waals surface area contributed by atoms with Gasteiger partial charge in [-0.05, 0) is 40.5 Å². The first-order chi connectivity index (χ1) is 15.4. The molecule has 7 rings (SSSR count). The Balaban J connectivity index is 1.68. The standard InChI is InChI=1S/C25H15Cl2NO4/c26-12-9-10-17(27)18(11-12)28-22(29)20-19-13-5-1-3-7-15(13)25(24(31)32,21(20)23(28)30)16-8-4-2-6-14(16)19/h1-11,19-21H,(H,31,32)/t19?,20-,21-,25?/m0/s1. The topological polar surface area (TPSA) is 74.7 Å². The van der Waals surface area contributed by atoms with Gasteiger partial charge in [-0.2, -0.15) is 0 Å². The van der Waals surface area contributed by atoms with Gasteiger partial charge in [0.2, 0.25) is 11.8 Å². The summed E-state index contributed by atoms with van der Waals surface area (Å²) in [5.74, 6) is -4.53. The Kier molecular flexibility index (Phi) is 3.93. The lowest BCUT2D eigenvalue weighted by molar-refractivity contribution is -0.149. The zero-order valence-electron chi connectivity index (χ0n) is 16.5. The van der Waals surface area contributed by atoms with Crippen LogP contribution in [0.5, 0.6) is 0 Å². The number of anilines is 1. The number of carboxylic acids is 1. The maximum absolute atomic E-state index is 13.9. The first kappa shape index (κ1) is 19.5. The van der Waals surface area contributed by atoms with Gasteiger partial charge in [-0.1, -0.05) is 71.7 Å². The first-order valence-corrected chi connectivity index (χ1v) is 10.9. The fourth-order valence-electron chi connectivity index (χ4n) is 6.03. The first-order valence-electron chi connectivity index (χ1n) is 10.1. The van der Waals surface area contributed by atoms with E-state index in [1.165, 1.54) is 12.1 Å². The predicted molar refractivity (Wildman–Crippen MR) is 119 cm³/mol. The Bertz CT molecular complexity index is 1320. The van der Waals surface area contributed by atoms with Crippen molar-refractivity contribution in [2.24, 2.45) is 11.8 Å². The van der Waals surface area contributed by atoms with Gasteiger partial charge in [0.1, 0.15) is 5.41 Å². The highest BCUT2D eigenvalue weighted by Gasteiger charge is 2.71. The van der Waals surface area contributed by atoms with Crippen LogP contribution in [0.1, 0.15) is 28.2 Å². The number of carboxylic acid groups (broad SMARTS) is 1. The summed E-state index contributed by atoms with van der Waals surface area (Å²) in [5, 5.41) is 11.2. The van der Waals surface area contributed by atoms with Gasteiger partial charge in [0.05, 0.1) is 22.5 Å². The zero-order valence-corrected chi connectivity index (χ0v) is 18.0. The number of aliphatic carboxylic acids is 1. The van der Waals surface area contributed by atoms with Gasteiger partial charge in [-0.3, -0.25) is 14.4 Å². The molecule has 2 atom stereocenters. The maximum Gasteiger partial charge on any atom is 0.319 e. The molecule has 1 aliphatic heterocycles. The van der Waals surface area contributed by atoms with Crippen LogP contribution >= 0.6 is 23.2 Å². The molecule has 0 spiro atoms. The molecular formula is C25H15Cl2NO4. The van der Waals surface area contributed by atoms with Gasteiger partial charge in [0.25, 0.3) is 0 Å². The van der Waals surface area contributed by atoms with Crippen LogP contribution in [-0.2, 0) is 19.8 Å². The number of nitrogens with zero attached hydrogens (tertiary/aromatic N) is 1. The molecule has 1 N–H and O–H groups in total. The van der Waals surface area contributed by atoms with E-state index in [2.05, 4.69) is 0 Å². The molecule has 1 saturated heterocycles. The SMILES string of the molecule is O=C1[C@@H]2[C@@H](C(=O)N1c1cc(Cl)ccc1Cl)C1c3ccccc3C2(C(=O)O)c2ccccc21. The van der Waals surface area contributed by atoms with E-state index in [9.17, 15) is 19.5 Å². The molecule has 2 amide bonds. The third-order valence-electron chi connectivity index (χ3n) is 7.10. The normalized spacial score (nSPS) is 27.2. The third-order valence-corrected chi connectivity index (χ3v) is 7.66. The molecule has 3 aromatic rings. The van der Waals surface area contributed by atoms with Gasteiger partial charge < -0.3 is 5.11 Å². The fraction of sp³-hybridized carbons (Fsp3) is 0.160. The predicted octanol–water partition coefficient (Wildman–Crippen LogP) is 4.63. The Morgan fingerprint density at radius 3 is 2.06 bits per heavy atom. The number of amides is 2. The molecule has 0 radical (unpaired) electrons. The molecule has 4 aliphatic rings. The van der Waals surface area contributed by atoms with Crippen molar-refractivity contribution >= 4 is 46.7 Å². The Morgan fingerprint density at radius 2 is 1.47 bits per heavy atom. The van der Waals surface area contributed by atoms with Crippen LogP contribution in [0.3, 0.4) is 0 Å². The summed E-state index contributed by atoms with van der Waals surface area (Å²) in [7, 11) is 0. The molecule has 0 aromatic heterocycles. The minimum Gasteiger partial charge on any atom is -0.480 e. The van der Waals surface area contributed by atoms with Crippen molar-refractivity contribution in [3.8, 4) is 0 Å². The quantitative estimate of drug-likeness (QED) is 0.562. The average molecular weight is 464 g/mol. The van der Waals surface area contributed by atoms with Crippen molar-refractivity contribution in [2.75, 3.05) is 4.90 Å². The van der Waals surface area contributed by atoms with E-state index in [0.29, 0.717) is 16.1 Å². The molecule has 0 saturated carbocycles. The van der Waals surface area contributed by atoms with Crippen LogP contribution in [0.15, 0.2) is 66.7 Å². The summed E-state index contributed by atoms with van der Waals surface area (Å²) in [6.45, 7) is 0. The number of imide groups is 1. The smallest absolute Gasteiger partial charge is 0.319 e. The average Bonchev–Trinajstić information content (AvgIpc) is 3.06. The van der Waals surface area contributed by atoms with Crippen LogP contribution in [0.2, 0.25) is 10.0 Å². The highest BCUT2D eigenvalue weighted by molar-refractivity contribution is 6.38. The molecule has 2 bridgehead atoms. The number of benzene rings is 3. The lowest BCUT2D eigenvalue weighted by atomic mass is 9.47. The largest absolute Gasteiger partial charge is 0.480 e. The Hall–Kier alpha value is -3.15. The van der Waals surface area contributed by atoms with E-state index in [1.54, 1.807) is 30.3 Å². The fourth-order valence-corrected chi connectivity index (χ4v) is 6.40. The molecule has 3 aliphatic carbocycles. The van der Waals surface area contributed by atoms with E-state index in [-0.39, 0.29) is 10.7 Å². The zero-order chi connectivity index (χ0) is 22.4. The van der Waals surface area contributed by atoms with Crippen molar-refractivity contribution in [3.63, 3.8) is 0 Å². The number of carbonyl (C=O) groups excluding carboxylic acids is 2. The Morgan fingerprint density at radius 1 is 0.875 bits per heavy atom. The molecule has 1 fully saturated rings. The van der Waals surface area contributed by atoms with Gasteiger partial charge in [-0.15, -0.1) is 0 Å². The van der Waals surface area contributed by atoms with Crippen LogP contribution in [-0.4, -0.2) is 22.9 Å². The summed E-state index contributed by atoms with van der Waals surface area (Å²) < 4.78 is 0. The van der Waals surface area contributed by atoms with Crippen LogP contribution in [0.4, 0.5) is 5.69 Å².